The first-order valence-electron chi connectivity index (χ1n) is 4.45. The zero-order valence-corrected chi connectivity index (χ0v) is 8.47. The van der Waals surface area contributed by atoms with Crippen molar-refractivity contribution >= 4 is 11.7 Å². The predicted molar refractivity (Wildman–Crippen MR) is 53.8 cm³/mol. The van der Waals surface area contributed by atoms with Gasteiger partial charge in [0.15, 0.2) is 0 Å². The molecule has 82 valence electrons. The number of esters is 1. The van der Waals surface area contributed by atoms with Gasteiger partial charge in [0.1, 0.15) is 6.07 Å². The summed E-state index contributed by atoms with van der Waals surface area (Å²) < 4.78 is 4.71. The van der Waals surface area contributed by atoms with Crippen molar-refractivity contribution in [3.63, 3.8) is 0 Å². The van der Waals surface area contributed by atoms with E-state index in [0.717, 1.165) is 12.1 Å². The van der Waals surface area contributed by atoms with Crippen LogP contribution in [0, 0.1) is 21.4 Å². The lowest BCUT2D eigenvalue weighted by atomic mass is 10.1. The highest BCUT2D eigenvalue weighted by Crippen LogP contribution is 2.17. The lowest BCUT2D eigenvalue weighted by molar-refractivity contribution is -0.384. The molecule has 6 nitrogen and oxygen atoms in total. The number of rotatable bonds is 3. The molecule has 6 heteroatoms. The average Bonchev–Trinajstić information content (AvgIpc) is 2.28. The Morgan fingerprint density at radius 2 is 2.31 bits per heavy atom. The number of non-ortho nitro benzene ring substituents is 1. The normalized spacial score (nSPS) is 9.25. The van der Waals surface area contributed by atoms with E-state index in [2.05, 4.69) is 0 Å². The van der Waals surface area contributed by atoms with Crippen molar-refractivity contribution < 1.29 is 14.5 Å². The van der Waals surface area contributed by atoms with Crippen LogP contribution in [0.15, 0.2) is 18.2 Å². The van der Waals surface area contributed by atoms with Crippen LogP contribution < -0.4 is 0 Å². The van der Waals surface area contributed by atoms with Gasteiger partial charge in [-0.05, 0) is 13.0 Å². The van der Waals surface area contributed by atoms with Gasteiger partial charge in [0.05, 0.1) is 22.7 Å². The SMILES string of the molecule is CCOC(=O)c1ccc([N+](=O)[O-])cc1C#N. The first-order chi connectivity index (χ1) is 7.60. The lowest BCUT2D eigenvalue weighted by Crippen LogP contribution is -2.07. The highest BCUT2D eigenvalue weighted by Gasteiger charge is 2.16. The molecule has 0 heterocycles. The summed E-state index contributed by atoms with van der Waals surface area (Å²) in [5.74, 6) is -0.658. The minimum atomic E-state index is -0.658. The molecule has 0 aromatic heterocycles. The predicted octanol–water partition coefficient (Wildman–Crippen LogP) is 1.64. The van der Waals surface area contributed by atoms with Gasteiger partial charge in [-0.3, -0.25) is 10.1 Å². The summed E-state index contributed by atoms with van der Waals surface area (Å²) in [7, 11) is 0. The number of hydrogen-bond donors (Lipinski definition) is 0. The Morgan fingerprint density at radius 1 is 1.62 bits per heavy atom. The minimum absolute atomic E-state index is 0.0370. The molecule has 0 bridgehead atoms. The molecule has 0 fully saturated rings. The molecule has 1 rings (SSSR count). The maximum absolute atomic E-state index is 11.4. The Bertz CT molecular complexity index is 476. The van der Waals surface area contributed by atoms with E-state index >= 15 is 0 Å². The third kappa shape index (κ3) is 2.33. The maximum Gasteiger partial charge on any atom is 0.339 e. The van der Waals surface area contributed by atoms with Gasteiger partial charge in [-0.2, -0.15) is 5.26 Å². The minimum Gasteiger partial charge on any atom is -0.462 e. The molecule has 16 heavy (non-hydrogen) atoms. The summed E-state index contributed by atoms with van der Waals surface area (Å²) in [6.45, 7) is 1.82. The maximum atomic E-state index is 11.4. The van der Waals surface area contributed by atoms with Crippen molar-refractivity contribution in [2.75, 3.05) is 6.61 Å². The van der Waals surface area contributed by atoms with Gasteiger partial charge in [0, 0.05) is 12.1 Å². The summed E-state index contributed by atoms with van der Waals surface area (Å²) in [5, 5.41) is 19.2. The van der Waals surface area contributed by atoms with E-state index in [4.69, 9.17) is 10.00 Å². The van der Waals surface area contributed by atoms with Crippen molar-refractivity contribution in [1.82, 2.24) is 0 Å². The number of carbonyl (C=O) groups is 1. The number of nitriles is 1. The number of ether oxygens (including phenoxy) is 1. The van der Waals surface area contributed by atoms with Crippen molar-refractivity contribution in [2.24, 2.45) is 0 Å². The van der Waals surface area contributed by atoms with Crippen LogP contribution >= 0.6 is 0 Å². The average molecular weight is 220 g/mol. The first-order valence-corrected chi connectivity index (χ1v) is 4.45. The van der Waals surface area contributed by atoms with Gasteiger partial charge in [0.25, 0.3) is 5.69 Å². The van der Waals surface area contributed by atoms with Crippen molar-refractivity contribution in [2.45, 2.75) is 6.92 Å². The first kappa shape index (κ1) is 11.7. The molecule has 1 aromatic rings. The zero-order valence-electron chi connectivity index (χ0n) is 8.47. The number of hydrogen-bond acceptors (Lipinski definition) is 5. The van der Waals surface area contributed by atoms with E-state index in [0.29, 0.717) is 0 Å². The molecular formula is C10H8N2O4. The largest absolute Gasteiger partial charge is 0.462 e. The Kier molecular flexibility index (Phi) is 3.56. The lowest BCUT2D eigenvalue weighted by Gasteiger charge is -2.02. The fraction of sp³-hybridized carbons (Fsp3) is 0.200. The van der Waals surface area contributed by atoms with Crippen LogP contribution in [0.3, 0.4) is 0 Å². The van der Waals surface area contributed by atoms with Crippen LogP contribution in [-0.4, -0.2) is 17.5 Å². The molecule has 0 N–H and O–H groups in total. The highest BCUT2D eigenvalue weighted by atomic mass is 16.6. The molecule has 0 amide bonds. The smallest absolute Gasteiger partial charge is 0.339 e. The molecule has 0 aliphatic heterocycles. The van der Waals surface area contributed by atoms with E-state index in [1.165, 1.54) is 6.07 Å². The molecule has 0 spiro atoms. The number of nitro benzene ring substituents is 1. The zero-order chi connectivity index (χ0) is 12.1. The van der Waals surface area contributed by atoms with E-state index in [1.807, 2.05) is 0 Å². The van der Waals surface area contributed by atoms with Gasteiger partial charge >= 0.3 is 5.97 Å². The summed E-state index contributed by atoms with van der Waals surface area (Å²) in [4.78, 5) is 21.2. The molecule has 0 aliphatic carbocycles. The van der Waals surface area contributed by atoms with E-state index < -0.39 is 10.9 Å². The Hall–Kier alpha value is -2.42. The molecule has 1 aromatic carbocycles. The topological polar surface area (TPSA) is 93.2 Å². The van der Waals surface area contributed by atoms with Crippen LogP contribution in [0.2, 0.25) is 0 Å². The molecule has 0 saturated carbocycles. The van der Waals surface area contributed by atoms with Crippen LogP contribution in [-0.2, 0) is 4.74 Å². The molecule has 0 atom stereocenters. The van der Waals surface area contributed by atoms with E-state index in [1.54, 1.807) is 13.0 Å². The number of carbonyl (C=O) groups excluding carboxylic acids is 1. The van der Waals surface area contributed by atoms with Crippen molar-refractivity contribution in [3.05, 3.63) is 39.4 Å². The fourth-order valence-electron chi connectivity index (χ4n) is 1.13. The second-order valence-corrected chi connectivity index (χ2v) is 2.82. The van der Waals surface area contributed by atoms with Crippen molar-refractivity contribution in [3.8, 4) is 6.07 Å². The van der Waals surface area contributed by atoms with Gasteiger partial charge in [-0.25, -0.2) is 4.79 Å². The summed E-state index contributed by atoms with van der Waals surface area (Å²) in [6, 6.07) is 5.15. The second-order valence-electron chi connectivity index (χ2n) is 2.82. The monoisotopic (exact) mass is 220 g/mol. The van der Waals surface area contributed by atoms with Crippen LogP contribution in [0.25, 0.3) is 0 Å². The summed E-state index contributed by atoms with van der Waals surface area (Å²) in [5.41, 5.74) is -0.257. The number of nitro groups is 1. The van der Waals surface area contributed by atoms with Gasteiger partial charge in [0.2, 0.25) is 0 Å². The van der Waals surface area contributed by atoms with Gasteiger partial charge in [-0.1, -0.05) is 0 Å². The van der Waals surface area contributed by atoms with Crippen LogP contribution in [0.4, 0.5) is 5.69 Å². The summed E-state index contributed by atoms with van der Waals surface area (Å²) in [6.07, 6.45) is 0. The highest BCUT2D eigenvalue weighted by molar-refractivity contribution is 5.92. The van der Waals surface area contributed by atoms with E-state index in [-0.39, 0.29) is 23.4 Å². The standard InChI is InChI=1S/C10H8N2O4/c1-2-16-10(13)9-4-3-8(12(14)15)5-7(9)6-11/h3-5H,2H2,1H3. The summed E-state index contributed by atoms with van der Waals surface area (Å²) >= 11 is 0. The van der Waals surface area contributed by atoms with Gasteiger partial charge < -0.3 is 4.74 Å². The molecule has 0 unspecified atom stereocenters. The fourth-order valence-corrected chi connectivity index (χ4v) is 1.13. The third-order valence-corrected chi connectivity index (χ3v) is 1.83. The van der Waals surface area contributed by atoms with Crippen LogP contribution in [0.5, 0.6) is 0 Å². The molecular weight excluding hydrogens is 212 g/mol. The number of benzene rings is 1. The molecule has 0 aliphatic rings. The van der Waals surface area contributed by atoms with E-state index in [9.17, 15) is 14.9 Å². The molecule has 0 saturated heterocycles. The quantitative estimate of drug-likeness (QED) is 0.438. The Balaban J connectivity index is 3.18. The number of nitrogens with zero attached hydrogens (tertiary/aromatic N) is 2. The van der Waals surface area contributed by atoms with Crippen LogP contribution in [0.1, 0.15) is 22.8 Å². The Labute approximate surface area is 91.2 Å². The Morgan fingerprint density at radius 3 is 2.81 bits per heavy atom. The molecule has 0 radical (unpaired) electrons. The second kappa shape index (κ2) is 4.89. The van der Waals surface area contributed by atoms with Gasteiger partial charge in [-0.15, -0.1) is 0 Å². The van der Waals surface area contributed by atoms with Crippen molar-refractivity contribution in [1.29, 1.82) is 5.26 Å². The third-order valence-electron chi connectivity index (χ3n) is 1.83.